The van der Waals surface area contributed by atoms with E-state index in [4.69, 9.17) is 15.2 Å². The highest BCUT2D eigenvalue weighted by Crippen LogP contribution is 2.35. The fraction of sp³-hybridized carbons (Fsp3) is 0.192. The summed E-state index contributed by atoms with van der Waals surface area (Å²) in [5.74, 6) is 1.49. The second-order valence-corrected chi connectivity index (χ2v) is 8.44. The van der Waals surface area contributed by atoms with E-state index in [-0.39, 0.29) is 12.7 Å². The van der Waals surface area contributed by atoms with Crippen molar-refractivity contribution in [2.24, 2.45) is 0 Å². The molecule has 0 saturated carbocycles. The minimum atomic E-state index is -0.123. The maximum atomic E-state index is 12.5. The first-order valence-corrected chi connectivity index (χ1v) is 10.8. The Bertz CT molecular complexity index is 1250. The summed E-state index contributed by atoms with van der Waals surface area (Å²) in [6.45, 7) is 3.81. The average molecular weight is 443 g/mol. The molecular weight excluding hydrogens is 416 g/mol. The molecule has 7 heteroatoms. The number of rotatable bonds is 6. The van der Waals surface area contributed by atoms with Gasteiger partial charge in [0.05, 0.1) is 5.57 Å². The minimum Gasteiger partial charge on any atom is -0.454 e. The van der Waals surface area contributed by atoms with Crippen molar-refractivity contribution in [3.05, 3.63) is 83.1 Å². The van der Waals surface area contributed by atoms with Crippen molar-refractivity contribution in [3.63, 3.8) is 0 Å². The highest BCUT2D eigenvalue weighted by Gasteiger charge is 2.26. The fourth-order valence-electron chi connectivity index (χ4n) is 4.25. The molecular formula is C26H26N4O3. The number of fused-ring (bicyclic) bond motifs is 2. The first kappa shape index (κ1) is 20.9. The molecule has 2 aliphatic heterocycles. The van der Waals surface area contributed by atoms with Crippen LogP contribution >= 0.6 is 0 Å². The summed E-state index contributed by atoms with van der Waals surface area (Å²) in [6, 6.07) is 19.7. The van der Waals surface area contributed by atoms with E-state index in [1.807, 2.05) is 43.3 Å². The predicted octanol–water partition coefficient (Wildman–Crippen LogP) is 4.42. The standard InChI is InChI=1S/C26H26N4O3/c1-16(25-21-12-19(27)6-9-22(21)29-26(25)31)28-20-7-3-17(4-8-20)13-30(2)14-18-5-10-23-24(11-18)33-15-32-23/h3-12,28H,13-15,27H2,1-2H3,(H,29,31)/b25-16-. The van der Waals surface area contributed by atoms with Crippen molar-refractivity contribution in [2.75, 3.05) is 30.2 Å². The Morgan fingerprint density at radius 3 is 2.55 bits per heavy atom. The smallest absolute Gasteiger partial charge is 0.258 e. The molecule has 0 aromatic heterocycles. The van der Waals surface area contributed by atoms with Gasteiger partial charge in [-0.3, -0.25) is 9.69 Å². The number of hydrogen-bond acceptors (Lipinski definition) is 6. The van der Waals surface area contributed by atoms with Gasteiger partial charge in [-0.1, -0.05) is 18.2 Å². The lowest BCUT2D eigenvalue weighted by molar-refractivity contribution is -0.110. The van der Waals surface area contributed by atoms with Gasteiger partial charge in [-0.05, 0) is 67.6 Å². The summed E-state index contributed by atoms with van der Waals surface area (Å²) in [4.78, 5) is 14.7. The van der Waals surface area contributed by atoms with Gasteiger partial charge in [0.1, 0.15) is 0 Å². The van der Waals surface area contributed by atoms with Crippen molar-refractivity contribution in [2.45, 2.75) is 20.0 Å². The van der Waals surface area contributed by atoms with Crippen LogP contribution in [-0.4, -0.2) is 24.6 Å². The summed E-state index contributed by atoms with van der Waals surface area (Å²) in [7, 11) is 2.09. The molecule has 0 unspecified atom stereocenters. The van der Waals surface area contributed by atoms with Crippen LogP contribution in [0.1, 0.15) is 23.6 Å². The average Bonchev–Trinajstić information content (AvgIpc) is 3.37. The number of nitrogens with zero attached hydrogens (tertiary/aromatic N) is 1. The molecule has 0 aliphatic carbocycles. The summed E-state index contributed by atoms with van der Waals surface area (Å²) in [5, 5.41) is 6.25. The summed E-state index contributed by atoms with van der Waals surface area (Å²) < 4.78 is 10.9. The van der Waals surface area contributed by atoms with Crippen molar-refractivity contribution in [1.82, 2.24) is 4.90 Å². The number of amides is 1. The van der Waals surface area contributed by atoms with E-state index >= 15 is 0 Å². The normalized spacial score (nSPS) is 15.4. The van der Waals surface area contributed by atoms with E-state index in [1.54, 1.807) is 6.07 Å². The Morgan fingerprint density at radius 1 is 1.00 bits per heavy atom. The third-order valence-corrected chi connectivity index (χ3v) is 5.79. The molecule has 4 N–H and O–H groups in total. The van der Waals surface area contributed by atoms with Crippen LogP contribution in [-0.2, 0) is 17.9 Å². The second-order valence-electron chi connectivity index (χ2n) is 8.44. The van der Waals surface area contributed by atoms with Gasteiger partial charge in [0, 0.05) is 41.4 Å². The van der Waals surface area contributed by atoms with Crippen LogP contribution in [0.3, 0.4) is 0 Å². The molecule has 3 aromatic rings. The molecule has 168 valence electrons. The lowest BCUT2D eigenvalue weighted by atomic mass is 10.0. The first-order chi connectivity index (χ1) is 16.0. The summed E-state index contributed by atoms with van der Waals surface area (Å²) >= 11 is 0. The molecule has 7 nitrogen and oxygen atoms in total. The molecule has 0 radical (unpaired) electrons. The van der Waals surface area contributed by atoms with E-state index < -0.39 is 0 Å². The third kappa shape index (κ3) is 4.36. The quantitative estimate of drug-likeness (QED) is 0.387. The van der Waals surface area contributed by atoms with Gasteiger partial charge < -0.3 is 25.8 Å². The van der Waals surface area contributed by atoms with Crippen molar-refractivity contribution in [3.8, 4) is 11.5 Å². The lowest BCUT2D eigenvalue weighted by Crippen LogP contribution is -2.17. The lowest BCUT2D eigenvalue weighted by Gasteiger charge is -2.17. The van der Waals surface area contributed by atoms with Gasteiger partial charge in [0.15, 0.2) is 11.5 Å². The first-order valence-electron chi connectivity index (χ1n) is 10.8. The van der Waals surface area contributed by atoms with Gasteiger partial charge in [-0.15, -0.1) is 0 Å². The molecule has 0 fully saturated rings. The largest absolute Gasteiger partial charge is 0.454 e. The van der Waals surface area contributed by atoms with E-state index in [0.717, 1.165) is 47.2 Å². The van der Waals surface area contributed by atoms with E-state index in [9.17, 15) is 4.79 Å². The summed E-state index contributed by atoms with van der Waals surface area (Å²) in [5.41, 5.74) is 12.9. The number of benzene rings is 3. The fourth-order valence-corrected chi connectivity index (χ4v) is 4.25. The Hall–Kier alpha value is -3.97. The van der Waals surface area contributed by atoms with Gasteiger partial charge >= 0.3 is 0 Å². The zero-order valence-corrected chi connectivity index (χ0v) is 18.6. The molecule has 2 aliphatic rings. The number of carbonyl (C=O) groups is 1. The third-order valence-electron chi connectivity index (χ3n) is 5.79. The van der Waals surface area contributed by atoms with Crippen LogP contribution < -0.4 is 25.8 Å². The number of nitrogens with two attached hydrogens (primary N) is 1. The van der Waals surface area contributed by atoms with Crippen LogP contribution in [0.5, 0.6) is 11.5 Å². The van der Waals surface area contributed by atoms with Crippen LogP contribution in [0.15, 0.2) is 66.4 Å². The van der Waals surface area contributed by atoms with Crippen molar-refractivity contribution < 1.29 is 14.3 Å². The molecule has 0 saturated heterocycles. The van der Waals surface area contributed by atoms with Gasteiger partial charge in [-0.2, -0.15) is 0 Å². The molecule has 0 atom stereocenters. The Balaban J connectivity index is 1.24. The minimum absolute atomic E-state index is 0.123. The number of nitrogen functional groups attached to an aromatic ring is 1. The number of nitrogens with one attached hydrogen (secondary N) is 2. The zero-order valence-electron chi connectivity index (χ0n) is 18.6. The number of anilines is 3. The van der Waals surface area contributed by atoms with E-state index in [2.05, 4.69) is 40.8 Å². The SMILES string of the molecule is C/C(Nc1ccc(CN(C)Cc2ccc3c(c2)OCO3)cc1)=C1/C(=O)Nc2ccc(N)cc21. The van der Waals surface area contributed by atoms with Crippen molar-refractivity contribution >= 4 is 28.5 Å². The zero-order chi connectivity index (χ0) is 22.9. The maximum Gasteiger partial charge on any atom is 0.258 e. The summed E-state index contributed by atoms with van der Waals surface area (Å²) in [6.07, 6.45) is 0. The van der Waals surface area contributed by atoms with Crippen LogP contribution in [0.2, 0.25) is 0 Å². The Labute approximate surface area is 192 Å². The molecule has 1 amide bonds. The number of ether oxygens (including phenoxy) is 2. The molecule has 5 rings (SSSR count). The van der Waals surface area contributed by atoms with Crippen LogP contribution in [0.25, 0.3) is 5.57 Å². The Morgan fingerprint density at radius 2 is 1.73 bits per heavy atom. The molecule has 33 heavy (non-hydrogen) atoms. The number of hydrogen-bond donors (Lipinski definition) is 3. The van der Waals surface area contributed by atoms with E-state index in [0.29, 0.717) is 11.3 Å². The monoisotopic (exact) mass is 442 g/mol. The second kappa shape index (κ2) is 8.52. The number of allylic oxidation sites excluding steroid dienone is 1. The topological polar surface area (TPSA) is 88.9 Å². The van der Waals surface area contributed by atoms with Crippen LogP contribution in [0, 0.1) is 0 Å². The molecule has 2 heterocycles. The number of carbonyl (C=O) groups excluding carboxylic acids is 1. The van der Waals surface area contributed by atoms with Gasteiger partial charge in [0.25, 0.3) is 5.91 Å². The molecule has 0 bridgehead atoms. The van der Waals surface area contributed by atoms with Gasteiger partial charge in [0.2, 0.25) is 6.79 Å². The highest BCUT2D eigenvalue weighted by molar-refractivity contribution is 6.32. The Kier molecular flexibility index (Phi) is 5.40. The van der Waals surface area contributed by atoms with Gasteiger partial charge in [-0.25, -0.2) is 0 Å². The highest BCUT2D eigenvalue weighted by atomic mass is 16.7. The van der Waals surface area contributed by atoms with Crippen LogP contribution in [0.4, 0.5) is 17.1 Å². The predicted molar refractivity (Wildman–Crippen MR) is 130 cm³/mol. The van der Waals surface area contributed by atoms with Crippen molar-refractivity contribution in [1.29, 1.82) is 0 Å². The maximum absolute atomic E-state index is 12.5. The molecule has 3 aromatic carbocycles. The van der Waals surface area contributed by atoms with E-state index in [1.165, 1.54) is 11.1 Å². The molecule has 0 spiro atoms.